The molecule has 0 bridgehead atoms. The summed E-state index contributed by atoms with van der Waals surface area (Å²) in [6.45, 7) is 3.57. The first kappa shape index (κ1) is 14.2. The van der Waals surface area contributed by atoms with Crippen LogP contribution in [0.1, 0.15) is 12.0 Å². The summed E-state index contributed by atoms with van der Waals surface area (Å²) in [6, 6.07) is 4.33. The Labute approximate surface area is 110 Å². The molecule has 95 valence electrons. The standard InChI is InChI=1S/C12H12ClN2O3/c1-2-3-4-12(16)14-8-9-5-6-10(13)7-11(9)15(17)18/h2,4-7H,1,3,8H2,(H,14,16). The molecule has 5 nitrogen and oxygen atoms in total. The molecule has 1 rings (SSSR count). The third-order valence-corrected chi connectivity index (χ3v) is 2.40. The van der Waals surface area contributed by atoms with Crippen molar-refractivity contribution in [3.63, 3.8) is 0 Å². The second-order valence-corrected chi connectivity index (χ2v) is 3.91. The lowest BCUT2D eigenvalue weighted by Crippen LogP contribution is -2.23. The number of rotatable bonds is 6. The fourth-order valence-corrected chi connectivity index (χ4v) is 1.47. The van der Waals surface area contributed by atoms with Crippen LogP contribution in [0.2, 0.25) is 5.02 Å². The van der Waals surface area contributed by atoms with E-state index in [-0.39, 0.29) is 23.2 Å². The molecular formula is C12H12ClN2O3. The van der Waals surface area contributed by atoms with Gasteiger partial charge in [-0.3, -0.25) is 14.9 Å². The van der Waals surface area contributed by atoms with E-state index >= 15 is 0 Å². The minimum atomic E-state index is -0.527. The normalized spacial score (nSPS) is 9.83. The molecule has 0 aromatic heterocycles. The van der Waals surface area contributed by atoms with Crippen LogP contribution in [0.4, 0.5) is 5.69 Å². The van der Waals surface area contributed by atoms with Gasteiger partial charge in [0.1, 0.15) is 0 Å². The van der Waals surface area contributed by atoms with Crippen molar-refractivity contribution in [3.8, 4) is 0 Å². The summed E-state index contributed by atoms with van der Waals surface area (Å²) in [4.78, 5) is 21.6. The van der Waals surface area contributed by atoms with Crippen molar-refractivity contribution < 1.29 is 9.72 Å². The van der Waals surface area contributed by atoms with Gasteiger partial charge in [-0.25, -0.2) is 0 Å². The van der Waals surface area contributed by atoms with Gasteiger partial charge < -0.3 is 5.32 Å². The van der Waals surface area contributed by atoms with Crippen molar-refractivity contribution in [3.05, 3.63) is 58.0 Å². The van der Waals surface area contributed by atoms with Crippen molar-refractivity contribution in [2.75, 3.05) is 0 Å². The minimum Gasteiger partial charge on any atom is -0.351 e. The molecule has 0 saturated heterocycles. The topological polar surface area (TPSA) is 72.2 Å². The number of nitrogens with zero attached hydrogens (tertiary/aromatic N) is 1. The van der Waals surface area contributed by atoms with Gasteiger partial charge in [-0.05, 0) is 18.6 Å². The Bertz CT molecular complexity index is 474. The van der Waals surface area contributed by atoms with Crippen LogP contribution >= 0.6 is 11.6 Å². The van der Waals surface area contributed by atoms with E-state index in [1.54, 1.807) is 12.1 Å². The predicted molar refractivity (Wildman–Crippen MR) is 69.1 cm³/mol. The second kappa shape index (κ2) is 6.76. The number of nitrogens with one attached hydrogen (secondary N) is 1. The van der Waals surface area contributed by atoms with Gasteiger partial charge in [0.2, 0.25) is 5.91 Å². The number of carbonyl (C=O) groups is 1. The summed E-state index contributed by atoms with van der Waals surface area (Å²) in [6.07, 6.45) is 3.45. The van der Waals surface area contributed by atoms with Crippen molar-refractivity contribution in [1.29, 1.82) is 0 Å². The molecule has 0 aliphatic heterocycles. The molecule has 0 unspecified atom stereocenters. The summed E-state index contributed by atoms with van der Waals surface area (Å²) in [5.74, 6) is -0.292. The molecule has 6 heteroatoms. The van der Waals surface area contributed by atoms with Crippen LogP contribution in [0.3, 0.4) is 0 Å². The molecule has 0 atom stereocenters. The first-order valence-electron chi connectivity index (χ1n) is 5.19. The highest BCUT2D eigenvalue weighted by Crippen LogP contribution is 2.22. The highest BCUT2D eigenvalue weighted by molar-refractivity contribution is 6.30. The smallest absolute Gasteiger partial charge is 0.275 e. The van der Waals surface area contributed by atoms with Crippen LogP contribution in [-0.2, 0) is 11.3 Å². The molecule has 0 heterocycles. The van der Waals surface area contributed by atoms with Gasteiger partial charge in [-0.1, -0.05) is 17.7 Å². The number of nitro groups is 1. The Morgan fingerprint density at radius 1 is 1.56 bits per heavy atom. The number of allylic oxidation sites excluding steroid dienone is 1. The predicted octanol–water partition coefficient (Wildman–Crippen LogP) is 2.64. The van der Waals surface area contributed by atoms with Gasteiger partial charge >= 0.3 is 0 Å². The Morgan fingerprint density at radius 2 is 2.28 bits per heavy atom. The maximum absolute atomic E-state index is 11.3. The first-order valence-corrected chi connectivity index (χ1v) is 5.57. The SMILES string of the molecule is C=CC[CH]C(=O)NCc1ccc(Cl)cc1[N+](=O)[O-]. The average molecular weight is 268 g/mol. The van der Waals surface area contributed by atoms with Gasteiger partial charge in [0.25, 0.3) is 5.69 Å². The number of carbonyl (C=O) groups excluding carboxylic acids is 1. The molecule has 1 aromatic carbocycles. The fourth-order valence-electron chi connectivity index (χ4n) is 1.30. The number of halogens is 1. The largest absolute Gasteiger partial charge is 0.351 e. The van der Waals surface area contributed by atoms with E-state index in [9.17, 15) is 14.9 Å². The maximum Gasteiger partial charge on any atom is 0.275 e. The summed E-state index contributed by atoms with van der Waals surface area (Å²) in [7, 11) is 0. The van der Waals surface area contributed by atoms with Gasteiger partial charge in [0.15, 0.2) is 0 Å². The van der Waals surface area contributed by atoms with Gasteiger partial charge in [-0.2, -0.15) is 0 Å². The monoisotopic (exact) mass is 267 g/mol. The Hall–Kier alpha value is -1.88. The Morgan fingerprint density at radius 3 is 2.89 bits per heavy atom. The van der Waals surface area contributed by atoms with Crippen molar-refractivity contribution in [2.45, 2.75) is 13.0 Å². The van der Waals surface area contributed by atoms with Crippen LogP contribution in [0, 0.1) is 16.5 Å². The quantitative estimate of drug-likeness (QED) is 0.489. The lowest BCUT2D eigenvalue weighted by molar-refractivity contribution is -0.385. The van der Waals surface area contributed by atoms with E-state index < -0.39 is 4.92 Å². The number of hydrogen-bond donors (Lipinski definition) is 1. The summed E-state index contributed by atoms with van der Waals surface area (Å²) < 4.78 is 0. The van der Waals surface area contributed by atoms with Gasteiger partial charge in [0, 0.05) is 23.2 Å². The van der Waals surface area contributed by atoms with E-state index in [0.29, 0.717) is 12.0 Å². The zero-order chi connectivity index (χ0) is 13.5. The molecular weight excluding hydrogens is 256 g/mol. The highest BCUT2D eigenvalue weighted by Gasteiger charge is 2.14. The van der Waals surface area contributed by atoms with Crippen molar-refractivity contribution in [1.82, 2.24) is 5.32 Å². The number of nitro benzene ring substituents is 1. The summed E-state index contributed by atoms with van der Waals surface area (Å²) in [5.41, 5.74) is 0.302. The van der Waals surface area contributed by atoms with Crippen molar-refractivity contribution >= 4 is 23.2 Å². The summed E-state index contributed by atoms with van der Waals surface area (Å²) in [5, 5.41) is 13.6. The molecule has 1 amide bonds. The lowest BCUT2D eigenvalue weighted by Gasteiger charge is -2.05. The van der Waals surface area contributed by atoms with Crippen LogP contribution in [0.15, 0.2) is 30.9 Å². The average Bonchev–Trinajstić information content (AvgIpc) is 2.34. The fraction of sp³-hybridized carbons (Fsp3) is 0.167. The summed E-state index contributed by atoms with van der Waals surface area (Å²) >= 11 is 5.68. The molecule has 0 fully saturated rings. The molecule has 1 aromatic rings. The lowest BCUT2D eigenvalue weighted by atomic mass is 10.1. The van der Waals surface area contributed by atoms with E-state index in [1.807, 2.05) is 0 Å². The molecule has 0 aliphatic rings. The molecule has 18 heavy (non-hydrogen) atoms. The first-order chi connectivity index (χ1) is 8.54. The number of benzene rings is 1. The van der Waals surface area contributed by atoms with Crippen molar-refractivity contribution in [2.24, 2.45) is 0 Å². The Kier molecular flexibility index (Phi) is 5.32. The number of amides is 1. The van der Waals surface area contributed by atoms with E-state index in [0.717, 1.165) is 0 Å². The molecule has 0 spiro atoms. The third kappa shape index (κ3) is 4.18. The number of hydrogen-bond acceptors (Lipinski definition) is 3. The third-order valence-electron chi connectivity index (χ3n) is 2.17. The molecule has 1 radical (unpaired) electrons. The maximum atomic E-state index is 11.3. The van der Waals surface area contributed by atoms with Gasteiger partial charge in [-0.15, -0.1) is 6.58 Å². The van der Waals surface area contributed by atoms with Gasteiger partial charge in [0.05, 0.1) is 11.3 Å². The Balaban J connectivity index is 2.69. The zero-order valence-corrected chi connectivity index (χ0v) is 10.3. The van der Waals surface area contributed by atoms with Crippen LogP contribution in [-0.4, -0.2) is 10.8 Å². The highest BCUT2D eigenvalue weighted by atomic mass is 35.5. The molecule has 0 saturated carbocycles. The van der Waals surface area contributed by atoms with E-state index in [1.165, 1.54) is 18.6 Å². The van der Waals surface area contributed by atoms with Crippen LogP contribution in [0.5, 0.6) is 0 Å². The van der Waals surface area contributed by atoms with Crippen LogP contribution in [0.25, 0.3) is 0 Å². The zero-order valence-electron chi connectivity index (χ0n) is 9.56. The van der Waals surface area contributed by atoms with E-state index in [2.05, 4.69) is 11.9 Å². The molecule has 0 aliphatic carbocycles. The second-order valence-electron chi connectivity index (χ2n) is 3.48. The minimum absolute atomic E-state index is 0.0833. The van der Waals surface area contributed by atoms with Crippen LogP contribution < -0.4 is 5.32 Å². The molecule has 1 N–H and O–H groups in total. The van der Waals surface area contributed by atoms with E-state index in [4.69, 9.17) is 11.6 Å².